The molecule has 0 fully saturated rings. The molecule has 2 nitrogen and oxygen atoms in total. The van der Waals surface area contributed by atoms with Crippen molar-refractivity contribution < 1.29 is 9.47 Å². The van der Waals surface area contributed by atoms with E-state index in [0.29, 0.717) is 0 Å². The molecule has 0 unspecified atom stereocenters. The number of halogens is 2. The highest BCUT2D eigenvalue weighted by Gasteiger charge is 2.10. The van der Waals surface area contributed by atoms with Crippen LogP contribution in [-0.2, 0) is 10.7 Å². The lowest BCUT2D eigenvalue weighted by atomic mass is 10.1. The normalized spacial score (nSPS) is 11.2. The summed E-state index contributed by atoms with van der Waals surface area (Å²) in [5, 5.41) is 1.55. The molecular formula is C30H52Br2O2S. The van der Waals surface area contributed by atoms with Crippen LogP contribution in [0.25, 0.3) is 0 Å². The number of alkyl halides is 2. The Balaban J connectivity index is 1.88. The Morgan fingerprint density at radius 3 is 1.51 bits per heavy atom. The number of hydrogen-bond acceptors (Lipinski definition) is 3. The zero-order valence-corrected chi connectivity index (χ0v) is 26.7. The van der Waals surface area contributed by atoms with Gasteiger partial charge in [-0.3, -0.25) is 0 Å². The molecule has 0 saturated carbocycles. The Morgan fingerprint density at radius 2 is 1.03 bits per heavy atom. The fourth-order valence-electron chi connectivity index (χ4n) is 4.34. The van der Waals surface area contributed by atoms with E-state index in [2.05, 4.69) is 62.7 Å². The Bertz CT molecular complexity index is 612. The van der Waals surface area contributed by atoms with Gasteiger partial charge in [-0.2, -0.15) is 11.8 Å². The number of rotatable bonds is 25. The molecule has 0 radical (unpaired) electrons. The second kappa shape index (κ2) is 24.5. The first-order valence-corrected chi connectivity index (χ1v) is 17.7. The van der Waals surface area contributed by atoms with Gasteiger partial charge in [0.1, 0.15) is 11.5 Å². The predicted octanol–water partition coefficient (Wildman–Crippen LogP) is 11.2. The zero-order valence-electron chi connectivity index (χ0n) is 22.7. The molecule has 5 heteroatoms. The molecule has 204 valence electrons. The van der Waals surface area contributed by atoms with Crippen LogP contribution >= 0.6 is 43.6 Å². The van der Waals surface area contributed by atoms with Gasteiger partial charge >= 0.3 is 0 Å². The molecule has 0 aliphatic rings. The van der Waals surface area contributed by atoms with E-state index in [1.165, 1.54) is 114 Å². The summed E-state index contributed by atoms with van der Waals surface area (Å²) in [6.07, 6.45) is 23.6. The third-order valence-electron chi connectivity index (χ3n) is 6.58. The Morgan fingerprint density at radius 1 is 0.600 bits per heavy atom. The van der Waals surface area contributed by atoms with Gasteiger partial charge in [0.25, 0.3) is 0 Å². The maximum atomic E-state index is 6.10. The van der Waals surface area contributed by atoms with Crippen LogP contribution < -0.4 is 9.47 Å². The highest BCUT2D eigenvalue weighted by Crippen LogP contribution is 2.32. The minimum Gasteiger partial charge on any atom is -0.496 e. The first-order chi connectivity index (χ1) is 17.3. The molecule has 0 heterocycles. The average Bonchev–Trinajstić information content (AvgIpc) is 2.89. The van der Waals surface area contributed by atoms with Gasteiger partial charge in [0, 0.05) is 21.8 Å². The van der Waals surface area contributed by atoms with Crippen molar-refractivity contribution in [3.8, 4) is 11.5 Å². The van der Waals surface area contributed by atoms with E-state index in [0.717, 1.165) is 46.3 Å². The summed E-state index contributed by atoms with van der Waals surface area (Å²) in [6.45, 7) is 3.09. The fraction of sp³-hybridized carbons (Fsp3) is 0.800. The first-order valence-electron chi connectivity index (χ1n) is 14.3. The standard InChI is InChI=1S/C30H52Br2O2S/c1-3-4-5-6-7-12-15-18-21-35-22-19-16-13-10-8-9-11-14-17-20-34-30-24-27(25-31)29(33-2)23-28(30)26-32/h23-24H,3-22,25-26H2,1-2H3. The summed E-state index contributed by atoms with van der Waals surface area (Å²) in [7, 11) is 1.72. The summed E-state index contributed by atoms with van der Waals surface area (Å²) < 4.78 is 11.6. The molecule has 0 spiro atoms. The van der Waals surface area contributed by atoms with E-state index >= 15 is 0 Å². The van der Waals surface area contributed by atoms with E-state index in [1.54, 1.807) is 7.11 Å². The van der Waals surface area contributed by atoms with Crippen molar-refractivity contribution in [2.45, 2.75) is 127 Å². The molecule has 1 aromatic carbocycles. The van der Waals surface area contributed by atoms with Gasteiger partial charge in [-0.1, -0.05) is 129 Å². The summed E-state index contributed by atoms with van der Waals surface area (Å²) in [6, 6.07) is 4.19. The van der Waals surface area contributed by atoms with Crippen LogP contribution in [0.2, 0.25) is 0 Å². The summed E-state index contributed by atoms with van der Waals surface area (Å²) in [5.41, 5.74) is 2.28. The van der Waals surface area contributed by atoms with Gasteiger partial charge in [-0.15, -0.1) is 0 Å². The van der Waals surface area contributed by atoms with Gasteiger partial charge in [0.05, 0.1) is 13.7 Å². The third kappa shape index (κ3) is 17.3. The van der Waals surface area contributed by atoms with Crippen molar-refractivity contribution in [1.29, 1.82) is 0 Å². The van der Waals surface area contributed by atoms with Gasteiger partial charge in [0.2, 0.25) is 0 Å². The highest BCUT2D eigenvalue weighted by molar-refractivity contribution is 9.08. The van der Waals surface area contributed by atoms with E-state index in [4.69, 9.17) is 9.47 Å². The number of methoxy groups -OCH3 is 1. The van der Waals surface area contributed by atoms with Crippen LogP contribution in [0.3, 0.4) is 0 Å². The predicted molar refractivity (Wildman–Crippen MR) is 165 cm³/mol. The molecule has 35 heavy (non-hydrogen) atoms. The molecule has 0 atom stereocenters. The Labute approximate surface area is 238 Å². The lowest BCUT2D eigenvalue weighted by Crippen LogP contribution is -2.02. The molecule has 0 N–H and O–H groups in total. The van der Waals surface area contributed by atoms with Crippen molar-refractivity contribution in [2.75, 3.05) is 25.2 Å². The Kier molecular flexibility index (Phi) is 23.2. The number of unbranched alkanes of at least 4 members (excludes halogenated alkanes) is 15. The maximum Gasteiger partial charge on any atom is 0.123 e. The van der Waals surface area contributed by atoms with Crippen LogP contribution in [0.1, 0.15) is 127 Å². The average molecular weight is 637 g/mol. The molecule has 0 amide bonds. The van der Waals surface area contributed by atoms with E-state index < -0.39 is 0 Å². The van der Waals surface area contributed by atoms with Crippen LogP contribution in [0.5, 0.6) is 11.5 Å². The van der Waals surface area contributed by atoms with Crippen molar-refractivity contribution in [3.63, 3.8) is 0 Å². The monoisotopic (exact) mass is 634 g/mol. The van der Waals surface area contributed by atoms with E-state index in [9.17, 15) is 0 Å². The largest absolute Gasteiger partial charge is 0.496 e. The Hall–Kier alpha value is 0.130. The molecule has 0 aliphatic heterocycles. The summed E-state index contributed by atoms with van der Waals surface area (Å²) >= 11 is 9.30. The first kappa shape index (κ1) is 33.2. The second-order valence-electron chi connectivity index (χ2n) is 9.66. The molecule has 0 saturated heterocycles. The van der Waals surface area contributed by atoms with E-state index in [1.807, 2.05) is 0 Å². The second-order valence-corrected chi connectivity index (χ2v) is 12.0. The van der Waals surface area contributed by atoms with Crippen molar-refractivity contribution >= 4 is 43.6 Å². The van der Waals surface area contributed by atoms with Crippen LogP contribution in [0.4, 0.5) is 0 Å². The van der Waals surface area contributed by atoms with Crippen molar-refractivity contribution in [3.05, 3.63) is 23.3 Å². The molecule has 0 bridgehead atoms. The third-order valence-corrected chi connectivity index (χ3v) is 8.95. The minimum atomic E-state index is 0.771. The molecule has 0 aliphatic carbocycles. The molecule has 1 rings (SSSR count). The summed E-state index contributed by atoms with van der Waals surface area (Å²) in [5.74, 6) is 4.65. The number of ether oxygens (including phenoxy) is 2. The van der Waals surface area contributed by atoms with Crippen LogP contribution in [-0.4, -0.2) is 25.2 Å². The van der Waals surface area contributed by atoms with Gasteiger partial charge < -0.3 is 9.47 Å². The SMILES string of the molecule is CCCCCCCCCCSCCCCCCCCCCCOc1cc(CBr)c(OC)cc1CBr. The quantitative estimate of drug-likeness (QED) is 0.0786. The lowest BCUT2D eigenvalue weighted by molar-refractivity contribution is 0.301. The van der Waals surface area contributed by atoms with Gasteiger partial charge in [-0.05, 0) is 42.9 Å². The number of benzene rings is 1. The molecule has 0 aromatic heterocycles. The fourth-order valence-corrected chi connectivity index (χ4v) is 6.24. The van der Waals surface area contributed by atoms with Crippen LogP contribution in [0, 0.1) is 0 Å². The molecule has 1 aromatic rings. The van der Waals surface area contributed by atoms with Crippen molar-refractivity contribution in [1.82, 2.24) is 0 Å². The minimum absolute atomic E-state index is 0.771. The van der Waals surface area contributed by atoms with E-state index in [-0.39, 0.29) is 0 Å². The lowest BCUT2D eigenvalue weighted by Gasteiger charge is -2.14. The van der Waals surface area contributed by atoms with Gasteiger partial charge in [0.15, 0.2) is 0 Å². The molecular weight excluding hydrogens is 584 g/mol. The van der Waals surface area contributed by atoms with Crippen molar-refractivity contribution in [2.24, 2.45) is 0 Å². The summed E-state index contributed by atoms with van der Waals surface area (Å²) in [4.78, 5) is 0. The van der Waals surface area contributed by atoms with Gasteiger partial charge in [-0.25, -0.2) is 0 Å². The topological polar surface area (TPSA) is 18.5 Å². The number of hydrogen-bond donors (Lipinski definition) is 0. The highest BCUT2D eigenvalue weighted by atomic mass is 79.9. The number of thioether (sulfide) groups is 1. The smallest absolute Gasteiger partial charge is 0.123 e. The maximum absolute atomic E-state index is 6.10. The zero-order chi connectivity index (χ0) is 25.4. The van der Waals surface area contributed by atoms with Crippen LogP contribution in [0.15, 0.2) is 12.1 Å².